The summed E-state index contributed by atoms with van der Waals surface area (Å²) in [6.07, 6.45) is 1.16. The van der Waals surface area contributed by atoms with Gasteiger partial charge in [-0.05, 0) is 35.6 Å². The lowest BCUT2D eigenvalue weighted by atomic mass is 10.0. The number of fused-ring (bicyclic) bond motifs is 1. The number of aliphatic carboxylic acids is 2. The van der Waals surface area contributed by atoms with Crippen molar-refractivity contribution in [3.05, 3.63) is 108 Å². The van der Waals surface area contributed by atoms with Gasteiger partial charge in [-0.15, -0.1) is 0 Å². The number of carbonyl (C=O) groups is 5. The first-order chi connectivity index (χ1) is 22.1. The van der Waals surface area contributed by atoms with Gasteiger partial charge in [0.2, 0.25) is 17.7 Å². The third-order valence-electron chi connectivity index (χ3n) is 7.54. The van der Waals surface area contributed by atoms with E-state index >= 15 is 0 Å². The van der Waals surface area contributed by atoms with Gasteiger partial charge in [0.05, 0.1) is 6.04 Å². The fraction of sp³-hybridized carbons (Fsp3) is 0.265. The summed E-state index contributed by atoms with van der Waals surface area (Å²) in [6.45, 7) is 0. The largest absolute Gasteiger partial charge is 0.481 e. The monoisotopic (exact) mass is 627 g/mol. The third kappa shape index (κ3) is 9.50. The van der Waals surface area contributed by atoms with Crippen LogP contribution in [-0.2, 0) is 43.2 Å². The molecular weight excluding hydrogens is 590 g/mol. The van der Waals surface area contributed by atoms with Gasteiger partial charge in [0.25, 0.3) is 0 Å². The van der Waals surface area contributed by atoms with Crippen molar-refractivity contribution in [2.75, 3.05) is 0 Å². The van der Waals surface area contributed by atoms with Gasteiger partial charge in [-0.25, -0.2) is 4.79 Å². The molecule has 4 aromatic rings. The van der Waals surface area contributed by atoms with Gasteiger partial charge in [-0.1, -0.05) is 78.9 Å². The van der Waals surface area contributed by atoms with E-state index in [9.17, 15) is 34.2 Å². The lowest BCUT2D eigenvalue weighted by Gasteiger charge is -2.25. The number of para-hydroxylation sites is 1. The van der Waals surface area contributed by atoms with Gasteiger partial charge in [-0.3, -0.25) is 19.2 Å². The SMILES string of the molecule is NC(Cc1ccccc1)C(=O)NC(CCC(=O)O)C(=O)NC(Cc1ccccc1)C(=O)NC(Cc1c[nH]c2ccccc12)C(=O)O. The molecule has 4 rings (SSSR count). The van der Waals surface area contributed by atoms with Crippen molar-refractivity contribution in [3.8, 4) is 0 Å². The normalized spacial score (nSPS) is 13.6. The number of nitrogens with two attached hydrogens (primary N) is 1. The molecule has 4 unspecified atom stereocenters. The van der Waals surface area contributed by atoms with E-state index in [1.165, 1.54) is 0 Å². The minimum Gasteiger partial charge on any atom is -0.481 e. The number of carboxylic acids is 2. The molecule has 1 heterocycles. The van der Waals surface area contributed by atoms with Crippen molar-refractivity contribution in [2.24, 2.45) is 5.73 Å². The second-order valence-corrected chi connectivity index (χ2v) is 11.0. The van der Waals surface area contributed by atoms with Gasteiger partial charge in [0.15, 0.2) is 0 Å². The zero-order chi connectivity index (χ0) is 33.1. The Labute approximate surface area is 265 Å². The lowest BCUT2D eigenvalue weighted by molar-refractivity contribution is -0.142. The number of aromatic amines is 1. The Morgan fingerprint density at radius 2 is 1.20 bits per heavy atom. The Bertz CT molecular complexity index is 1660. The highest BCUT2D eigenvalue weighted by atomic mass is 16.4. The first kappa shape index (κ1) is 33.4. The number of rotatable bonds is 16. The average Bonchev–Trinajstić information content (AvgIpc) is 3.45. The maximum Gasteiger partial charge on any atom is 0.326 e. The van der Waals surface area contributed by atoms with Crippen molar-refractivity contribution in [3.63, 3.8) is 0 Å². The highest BCUT2D eigenvalue weighted by molar-refractivity contribution is 5.94. The van der Waals surface area contributed by atoms with Crippen LogP contribution in [0.1, 0.15) is 29.5 Å². The number of nitrogens with one attached hydrogen (secondary N) is 4. The summed E-state index contributed by atoms with van der Waals surface area (Å²) in [6, 6.07) is 20.3. The number of H-pyrrole nitrogens is 1. The Balaban J connectivity index is 1.51. The molecule has 0 aliphatic heterocycles. The Kier molecular flexibility index (Phi) is 11.6. The van der Waals surface area contributed by atoms with Crippen LogP contribution in [0.5, 0.6) is 0 Å². The van der Waals surface area contributed by atoms with Crippen LogP contribution in [0.2, 0.25) is 0 Å². The molecule has 0 aliphatic rings. The number of hydrogen-bond acceptors (Lipinski definition) is 6. The van der Waals surface area contributed by atoms with Crippen LogP contribution < -0.4 is 21.7 Å². The number of amides is 3. The predicted octanol–water partition coefficient (Wildman–Crippen LogP) is 1.93. The number of carbonyl (C=O) groups excluding carboxylic acids is 3. The summed E-state index contributed by atoms with van der Waals surface area (Å²) in [5.74, 6) is -4.67. The van der Waals surface area contributed by atoms with E-state index in [2.05, 4.69) is 20.9 Å². The van der Waals surface area contributed by atoms with Crippen LogP contribution in [0, 0.1) is 0 Å². The van der Waals surface area contributed by atoms with Crippen molar-refractivity contribution < 1.29 is 34.2 Å². The van der Waals surface area contributed by atoms with E-state index in [1.807, 2.05) is 30.3 Å². The lowest BCUT2D eigenvalue weighted by Crippen LogP contribution is -2.58. The molecule has 0 saturated heterocycles. The van der Waals surface area contributed by atoms with E-state index in [1.54, 1.807) is 60.8 Å². The molecule has 0 aliphatic carbocycles. The van der Waals surface area contributed by atoms with E-state index in [0.717, 1.165) is 16.5 Å². The van der Waals surface area contributed by atoms with Crippen molar-refractivity contribution in [2.45, 2.75) is 56.3 Å². The highest BCUT2D eigenvalue weighted by Crippen LogP contribution is 2.19. The van der Waals surface area contributed by atoms with Crippen molar-refractivity contribution in [1.82, 2.24) is 20.9 Å². The number of hydrogen-bond donors (Lipinski definition) is 7. The first-order valence-electron chi connectivity index (χ1n) is 14.8. The molecule has 46 heavy (non-hydrogen) atoms. The molecule has 240 valence electrons. The summed E-state index contributed by atoms with van der Waals surface area (Å²) in [7, 11) is 0. The van der Waals surface area contributed by atoms with Gasteiger partial charge in [0.1, 0.15) is 18.1 Å². The number of benzene rings is 3. The Morgan fingerprint density at radius 1 is 0.652 bits per heavy atom. The zero-order valence-electron chi connectivity index (χ0n) is 25.0. The molecule has 4 atom stereocenters. The molecule has 1 aromatic heterocycles. The Morgan fingerprint density at radius 3 is 1.83 bits per heavy atom. The van der Waals surface area contributed by atoms with Gasteiger partial charge >= 0.3 is 11.9 Å². The van der Waals surface area contributed by atoms with E-state index in [0.29, 0.717) is 11.1 Å². The maximum absolute atomic E-state index is 13.6. The van der Waals surface area contributed by atoms with Crippen molar-refractivity contribution in [1.29, 1.82) is 0 Å². The van der Waals surface area contributed by atoms with E-state index < -0.39 is 60.2 Å². The summed E-state index contributed by atoms with van der Waals surface area (Å²) < 4.78 is 0. The average molecular weight is 628 g/mol. The van der Waals surface area contributed by atoms with E-state index in [-0.39, 0.29) is 25.7 Å². The molecule has 8 N–H and O–H groups in total. The maximum atomic E-state index is 13.6. The molecule has 3 aromatic carbocycles. The minimum absolute atomic E-state index is 0.00492. The predicted molar refractivity (Wildman–Crippen MR) is 171 cm³/mol. The molecule has 3 amide bonds. The molecule has 0 spiro atoms. The van der Waals surface area contributed by atoms with Crippen LogP contribution in [0.3, 0.4) is 0 Å². The molecule has 12 heteroatoms. The van der Waals surface area contributed by atoms with Crippen LogP contribution in [-0.4, -0.2) is 69.0 Å². The summed E-state index contributed by atoms with van der Waals surface area (Å²) in [5, 5.41) is 27.8. The quantitative estimate of drug-likeness (QED) is 0.0975. The Hall–Kier alpha value is -5.49. The van der Waals surface area contributed by atoms with Crippen LogP contribution in [0.15, 0.2) is 91.1 Å². The molecular formula is C34H37N5O7. The fourth-order valence-electron chi connectivity index (χ4n) is 5.10. The van der Waals surface area contributed by atoms with Gasteiger partial charge in [0, 0.05) is 36.4 Å². The van der Waals surface area contributed by atoms with Gasteiger partial charge < -0.3 is 36.9 Å². The summed E-state index contributed by atoms with van der Waals surface area (Å²) in [5.41, 5.74) is 9.09. The van der Waals surface area contributed by atoms with Crippen molar-refractivity contribution >= 4 is 40.6 Å². The molecule has 0 fully saturated rings. The fourth-order valence-corrected chi connectivity index (χ4v) is 5.10. The van der Waals surface area contributed by atoms with Gasteiger partial charge in [-0.2, -0.15) is 0 Å². The molecule has 0 saturated carbocycles. The second kappa shape index (κ2) is 16.0. The summed E-state index contributed by atoms with van der Waals surface area (Å²) >= 11 is 0. The first-order valence-corrected chi connectivity index (χ1v) is 14.8. The molecule has 0 radical (unpaired) electrons. The second-order valence-electron chi connectivity index (χ2n) is 11.0. The smallest absolute Gasteiger partial charge is 0.326 e. The molecule has 0 bridgehead atoms. The summed E-state index contributed by atoms with van der Waals surface area (Å²) in [4.78, 5) is 66.8. The molecule has 12 nitrogen and oxygen atoms in total. The minimum atomic E-state index is -1.32. The van der Waals surface area contributed by atoms with Crippen LogP contribution in [0.4, 0.5) is 0 Å². The zero-order valence-corrected chi connectivity index (χ0v) is 25.0. The van der Waals surface area contributed by atoms with Crippen LogP contribution in [0.25, 0.3) is 10.9 Å². The third-order valence-corrected chi connectivity index (χ3v) is 7.54. The van der Waals surface area contributed by atoms with Crippen LogP contribution >= 0.6 is 0 Å². The number of aromatic nitrogens is 1. The topological polar surface area (TPSA) is 204 Å². The highest BCUT2D eigenvalue weighted by Gasteiger charge is 2.31. The number of carboxylic acid groups (broad SMARTS) is 2. The van der Waals surface area contributed by atoms with E-state index in [4.69, 9.17) is 5.73 Å². The standard InChI is InChI=1S/C34H37N5O7/c35-25(17-21-9-3-1-4-10-21)31(42)37-27(15-16-30(40)41)32(43)38-28(18-22-11-5-2-6-12-22)33(44)39-29(34(45)46)19-23-20-36-26-14-8-7-13-24(23)26/h1-14,20,25,27-29,36H,15-19,35H2,(H,37,42)(H,38,43)(H,39,44)(H,40,41)(H,45,46).